The van der Waals surface area contributed by atoms with E-state index >= 15 is 0 Å². The van der Waals surface area contributed by atoms with Crippen molar-refractivity contribution in [1.82, 2.24) is 19.8 Å². The molecule has 10 heteroatoms. The number of halogens is 3. The number of likely N-dealkylation sites (tertiary alicyclic amines) is 1. The molecule has 0 bridgehead atoms. The maximum atomic E-state index is 13.8. The van der Waals surface area contributed by atoms with Gasteiger partial charge in [0.1, 0.15) is 12.1 Å². The second kappa shape index (κ2) is 11.6. The van der Waals surface area contributed by atoms with E-state index in [1.807, 2.05) is 29.2 Å². The summed E-state index contributed by atoms with van der Waals surface area (Å²) in [5, 5.41) is 11.0. The number of aliphatic hydroxyl groups excluding tert-OH is 1. The fourth-order valence-electron chi connectivity index (χ4n) is 5.85. The van der Waals surface area contributed by atoms with E-state index in [9.17, 15) is 9.90 Å². The lowest BCUT2D eigenvalue weighted by Gasteiger charge is -2.39. The first-order valence-electron chi connectivity index (χ1n) is 12.0. The second-order valence-electron chi connectivity index (χ2n) is 9.68. The number of aromatic nitrogens is 2. The Morgan fingerprint density at radius 2 is 1.77 bits per heavy atom. The minimum absolute atomic E-state index is 0. The van der Waals surface area contributed by atoms with Crippen LogP contribution in [0.25, 0.3) is 0 Å². The summed E-state index contributed by atoms with van der Waals surface area (Å²) in [5.74, 6) is 1.17. The van der Waals surface area contributed by atoms with E-state index in [4.69, 9.17) is 11.6 Å². The first-order valence-corrected chi connectivity index (χ1v) is 12.3. The first-order chi connectivity index (χ1) is 15.9. The Balaban J connectivity index is 0.00000171. The van der Waals surface area contributed by atoms with Gasteiger partial charge in [-0.3, -0.25) is 4.79 Å². The average molecular weight is 543 g/mol. The highest BCUT2D eigenvalue weighted by Gasteiger charge is 2.39. The molecular formula is C25H34Cl3N5O2. The predicted octanol–water partition coefficient (Wildman–Crippen LogP) is 4.04. The van der Waals surface area contributed by atoms with Gasteiger partial charge >= 0.3 is 0 Å². The number of nitrogens with zero attached hydrogens (tertiary/aromatic N) is 5. The Morgan fingerprint density at radius 1 is 1.09 bits per heavy atom. The molecule has 5 rings (SSSR count). The number of amides is 1. The van der Waals surface area contributed by atoms with Crippen molar-refractivity contribution in [3.8, 4) is 0 Å². The SMILES string of the molecule is C[C@@H]1C[C@@H](O)c2ncnc(N3CCN(C(=O)[C@@H](c4ccc(Cl)cc4)[C@@H]4CCCN4C)CC3)c21.Cl.Cl. The van der Waals surface area contributed by atoms with Crippen molar-refractivity contribution in [2.45, 2.75) is 50.2 Å². The highest BCUT2D eigenvalue weighted by Crippen LogP contribution is 2.43. The minimum atomic E-state index is -0.511. The zero-order chi connectivity index (χ0) is 23.1. The maximum absolute atomic E-state index is 13.8. The number of likely N-dealkylation sites (N-methyl/N-ethyl adjacent to an activating group) is 1. The molecule has 35 heavy (non-hydrogen) atoms. The van der Waals surface area contributed by atoms with E-state index in [0.29, 0.717) is 24.5 Å². The normalized spacial score (nSPS) is 25.0. The van der Waals surface area contributed by atoms with E-state index in [0.717, 1.165) is 55.1 Å². The second-order valence-corrected chi connectivity index (χ2v) is 10.1. The van der Waals surface area contributed by atoms with Gasteiger partial charge in [-0.15, -0.1) is 24.8 Å². The molecule has 3 aliphatic rings. The van der Waals surface area contributed by atoms with Crippen LogP contribution >= 0.6 is 36.4 Å². The third-order valence-electron chi connectivity index (χ3n) is 7.63. The predicted molar refractivity (Wildman–Crippen MR) is 143 cm³/mol. The summed E-state index contributed by atoms with van der Waals surface area (Å²) >= 11 is 6.13. The van der Waals surface area contributed by atoms with Gasteiger partial charge in [-0.1, -0.05) is 30.7 Å². The average Bonchev–Trinajstić information content (AvgIpc) is 3.37. The van der Waals surface area contributed by atoms with Gasteiger partial charge in [-0.05, 0) is 56.5 Å². The summed E-state index contributed by atoms with van der Waals surface area (Å²) in [6.45, 7) is 5.93. The van der Waals surface area contributed by atoms with Crippen LogP contribution in [0.3, 0.4) is 0 Å². The number of hydrogen-bond acceptors (Lipinski definition) is 6. The van der Waals surface area contributed by atoms with Gasteiger partial charge in [0.25, 0.3) is 0 Å². The van der Waals surface area contributed by atoms with Crippen LogP contribution in [0.1, 0.15) is 60.9 Å². The number of fused-ring (bicyclic) bond motifs is 1. The quantitative estimate of drug-likeness (QED) is 0.629. The number of aliphatic hydroxyl groups is 1. The zero-order valence-corrected chi connectivity index (χ0v) is 22.5. The highest BCUT2D eigenvalue weighted by molar-refractivity contribution is 6.30. The number of anilines is 1. The molecule has 1 amide bonds. The molecule has 4 atom stereocenters. The molecular weight excluding hydrogens is 509 g/mol. The van der Waals surface area contributed by atoms with Gasteiger partial charge in [0, 0.05) is 42.8 Å². The Hall–Kier alpha value is -1.64. The molecule has 1 N–H and O–H groups in total. The minimum Gasteiger partial charge on any atom is -0.387 e. The van der Waals surface area contributed by atoms with Crippen molar-refractivity contribution < 1.29 is 9.90 Å². The zero-order valence-electron chi connectivity index (χ0n) is 20.1. The lowest BCUT2D eigenvalue weighted by Crippen LogP contribution is -2.52. The maximum Gasteiger partial charge on any atom is 0.231 e. The Morgan fingerprint density at radius 3 is 2.40 bits per heavy atom. The summed E-state index contributed by atoms with van der Waals surface area (Å²) in [6.07, 6.45) is 3.89. The van der Waals surface area contributed by atoms with Crippen molar-refractivity contribution >= 4 is 48.1 Å². The number of piperazine rings is 1. The van der Waals surface area contributed by atoms with Gasteiger partial charge in [0.05, 0.1) is 17.7 Å². The third-order valence-corrected chi connectivity index (χ3v) is 7.88. The molecule has 2 aliphatic heterocycles. The molecule has 1 aromatic carbocycles. The summed E-state index contributed by atoms with van der Waals surface area (Å²) in [6, 6.07) is 7.99. The smallest absolute Gasteiger partial charge is 0.231 e. The fourth-order valence-corrected chi connectivity index (χ4v) is 5.97. The van der Waals surface area contributed by atoms with E-state index in [1.54, 1.807) is 6.33 Å². The Bertz CT molecular complexity index is 1020. The summed E-state index contributed by atoms with van der Waals surface area (Å²) < 4.78 is 0. The van der Waals surface area contributed by atoms with Crippen LogP contribution in [-0.4, -0.2) is 76.6 Å². The molecule has 0 unspecified atom stereocenters. The molecule has 0 spiro atoms. The van der Waals surface area contributed by atoms with Gasteiger partial charge < -0.3 is 19.8 Å². The van der Waals surface area contributed by atoms with Crippen molar-refractivity contribution in [1.29, 1.82) is 0 Å². The number of rotatable bonds is 4. The van der Waals surface area contributed by atoms with E-state index in [-0.39, 0.29) is 48.6 Å². The molecule has 2 fully saturated rings. The van der Waals surface area contributed by atoms with Crippen LogP contribution in [0.15, 0.2) is 30.6 Å². The monoisotopic (exact) mass is 541 g/mol. The topological polar surface area (TPSA) is 72.8 Å². The molecule has 2 aromatic rings. The summed E-state index contributed by atoms with van der Waals surface area (Å²) in [4.78, 5) is 29.3. The lowest BCUT2D eigenvalue weighted by molar-refractivity contribution is -0.134. The van der Waals surface area contributed by atoms with E-state index < -0.39 is 6.10 Å². The number of hydrogen-bond donors (Lipinski definition) is 1. The molecule has 0 saturated carbocycles. The van der Waals surface area contributed by atoms with Crippen LogP contribution < -0.4 is 4.90 Å². The van der Waals surface area contributed by atoms with E-state index in [2.05, 4.69) is 33.7 Å². The van der Waals surface area contributed by atoms with Crippen molar-refractivity contribution in [2.24, 2.45) is 0 Å². The van der Waals surface area contributed by atoms with Crippen molar-refractivity contribution in [2.75, 3.05) is 44.7 Å². The number of carbonyl (C=O) groups is 1. The number of carbonyl (C=O) groups excluding carboxylic acids is 1. The Labute approximate surface area is 224 Å². The molecule has 3 heterocycles. The van der Waals surface area contributed by atoms with Crippen molar-refractivity contribution in [3.63, 3.8) is 0 Å². The Kier molecular flexibility index (Phi) is 9.27. The number of benzene rings is 1. The summed E-state index contributed by atoms with van der Waals surface area (Å²) in [7, 11) is 2.12. The highest BCUT2D eigenvalue weighted by atomic mass is 35.5. The van der Waals surface area contributed by atoms with Gasteiger partial charge in [0.2, 0.25) is 5.91 Å². The molecule has 192 valence electrons. The third kappa shape index (κ3) is 5.39. The van der Waals surface area contributed by atoms with Crippen molar-refractivity contribution in [3.05, 3.63) is 52.4 Å². The molecule has 0 radical (unpaired) electrons. The van der Waals surface area contributed by atoms with Crippen LogP contribution in [0.5, 0.6) is 0 Å². The molecule has 7 nitrogen and oxygen atoms in total. The van der Waals surface area contributed by atoms with Crippen LogP contribution in [-0.2, 0) is 4.79 Å². The van der Waals surface area contributed by atoms with E-state index in [1.165, 1.54) is 0 Å². The van der Waals surface area contributed by atoms with Crippen LogP contribution in [0.2, 0.25) is 5.02 Å². The summed E-state index contributed by atoms with van der Waals surface area (Å²) in [5.41, 5.74) is 2.87. The molecule has 1 aliphatic carbocycles. The first kappa shape index (κ1) is 27.9. The molecule has 1 aromatic heterocycles. The van der Waals surface area contributed by atoms with Gasteiger partial charge in [-0.25, -0.2) is 9.97 Å². The molecule has 2 saturated heterocycles. The largest absolute Gasteiger partial charge is 0.387 e. The van der Waals surface area contributed by atoms with Gasteiger partial charge in [-0.2, -0.15) is 0 Å². The lowest BCUT2D eigenvalue weighted by atomic mass is 9.88. The fraction of sp³-hybridized carbons (Fsp3) is 0.560. The van der Waals surface area contributed by atoms with Crippen LogP contribution in [0.4, 0.5) is 5.82 Å². The van der Waals surface area contributed by atoms with Gasteiger partial charge in [0.15, 0.2) is 0 Å². The standard InChI is InChI=1S/C25H32ClN5O2.2ClH/c1-16-14-20(32)23-21(16)24(28-15-27-23)30-10-12-31(13-11-30)25(33)22(19-4-3-9-29(19)2)17-5-7-18(26)8-6-17;;/h5-8,15-16,19-20,22,32H,3-4,9-14H2,1-2H3;2*1H/t16-,19+,20-,22+;;/m1../s1. The van der Waals surface area contributed by atoms with Crippen LogP contribution in [0, 0.1) is 0 Å².